The topological polar surface area (TPSA) is 59.1 Å². The Labute approximate surface area is 168 Å². The molecule has 1 N–H and O–H groups in total. The Morgan fingerprint density at radius 3 is 2.62 bits per heavy atom. The number of pyridine rings is 1. The lowest BCUT2D eigenvalue weighted by Gasteiger charge is -2.12. The Morgan fingerprint density at radius 2 is 1.83 bits per heavy atom. The number of halogens is 2. The standard InChI is InChI=1S/C22H18F2N2O2S/c1-29(27,28)26-18-10-14(9-17(24)13-18)11-21-19-6-5-16(23)12-15(19)4-7-22-20(21)3-2-8-25-22/h2-3,5-6,8-13,26H,4,7H2,1H3. The van der Waals surface area contributed by atoms with Crippen molar-refractivity contribution >= 4 is 27.4 Å². The van der Waals surface area contributed by atoms with E-state index in [1.807, 2.05) is 12.1 Å². The van der Waals surface area contributed by atoms with Crippen molar-refractivity contribution in [3.63, 3.8) is 0 Å². The minimum atomic E-state index is -3.54. The average molecular weight is 412 g/mol. The molecular formula is C22H18F2N2O2S. The summed E-state index contributed by atoms with van der Waals surface area (Å²) in [5.74, 6) is -0.878. The van der Waals surface area contributed by atoms with Crippen molar-refractivity contribution in [1.29, 1.82) is 0 Å². The van der Waals surface area contributed by atoms with E-state index in [9.17, 15) is 17.2 Å². The second-order valence-corrected chi connectivity index (χ2v) is 8.75. The molecule has 0 amide bonds. The van der Waals surface area contributed by atoms with Crippen LogP contribution in [0.3, 0.4) is 0 Å². The van der Waals surface area contributed by atoms with Gasteiger partial charge in [-0.25, -0.2) is 17.2 Å². The van der Waals surface area contributed by atoms with Gasteiger partial charge in [-0.05, 0) is 77.6 Å². The molecule has 1 aromatic heterocycles. The molecule has 7 heteroatoms. The van der Waals surface area contributed by atoms with Crippen LogP contribution in [0.25, 0.3) is 11.6 Å². The number of fused-ring (bicyclic) bond motifs is 2. The molecule has 0 aliphatic heterocycles. The maximum Gasteiger partial charge on any atom is 0.229 e. The van der Waals surface area contributed by atoms with Crippen LogP contribution in [0.2, 0.25) is 0 Å². The van der Waals surface area contributed by atoms with E-state index in [2.05, 4.69) is 9.71 Å². The first kappa shape index (κ1) is 19.3. The third-order valence-corrected chi connectivity index (χ3v) is 5.31. The lowest BCUT2D eigenvalue weighted by molar-refractivity contribution is 0.606. The maximum atomic E-state index is 14.2. The second-order valence-electron chi connectivity index (χ2n) is 7.00. The number of rotatable bonds is 3. The smallest absolute Gasteiger partial charge is 0.229 e. The Hall–Kier alpha value is -3.06. The molecule has 0 saturated carbocycles. The number of sulfonamides is 1. The summed E-state index contributed by atoms with van der Waals surface area (Å²) in [7, 11) is -3.54. The van der Waals surface area contributed by atoms with Gasteiger partial charge in [0.1, 0.15) is 11.6 Å². The van der Waals surface area contributed by atoms with Crippen LogP contribution in [-0.4, -0.2) is 19.7 Å². The fourth-order valence-corrected chi connectivity index (χ4v) is 4.15. The Balaban J connectivity index is 1.91. The Morgan fingerprint density at radius 1 is 1.00 bits per heavy atom. The van der Waals surface area contributed by atoms with E-state index in [1.165, 1.54) is 18.2 Å². The van der Waals surface area contributed by atoms with Gasteiger partial charge in [0.15, 0.2) is 0 Å². The second kappa shape index (κ2) is 7.40. The highest BCUT2D eigenvalue weighted by atomic mass is 32.2. The predicted octanol–water partition coefficient (Wildman–Crippen LogP) is 4.42. The fourth-order valence-electron chi connectivity index (χ4n) is 3.60. The average Bonchev–Trinajstić information content (AvgIpc) is 2.77. The minimum absolute atomic E-state index is 0.138. The summed E-state index contributed by atoms with van der Waals surface area (Å²) in [4.78, 5) is 4.46. The molecule has 1 aliphatic carbocycles. The van der Waals surface area contributed by atoms with E-state index < -0.39 is 15.8 Å². The largest absolute Gasteiger partial charge is 0.284 e. The van der Waals surface area contributed by atoms with E-state index in [0.29, 0.717) is 18.4 Å². The van der Waals surface area contributed by atoms with Gasteiger partial charge in [0.25, 0.3) is 0 Å². The first-order chi connectivity index (χ1) is 13.8. The first-order valence-electron chi connectivity index (χ1n) is 9.02. The number of aryl methyl sites for hydroxylation is 2. The number of nitrogens with zero attached hydrogens (tertiary/aromatic N) is 1. The zero-order chi connectivity index (χ0) is 20.6. The van der Waals surface area contributed by atoms with E-state index >= 15 is 0 Å². The maximum absolute atomic E-state index is 14.2. The number of hydrogen-bond acceptors (Lipinski definition) is 3. The summed E-state index contributed by atoms with van der Waals surface area (Å²) >= 11 is 0. The van der Waals surface area contributed by atoms with Gasteiger partial charge in [-0.3, -0.25) is 9.71 Å². The fraction of sp³-hybridized carbons (Fsp3) is 0.136. The monoisotopic (exact) mass is 412 g/mol. The van der Waals surface area contributed by atoms with Crippen molar-refractivity contribution in [3.8, 4) is 0 Å². The van der Waals surface area contributed by atoms with E-state index in [0.717, 1.165) is 40.3 Å². The molecule has 0 unspecified atom stereocenters. The third-order valence-electron chi connectivity index (χ3n) is 4.70. The number of hydrogen-bond donors (Lipinski definition) is 1. The van der Waals surface area contributed by atoms with Crippen LogP contribution in [-0.2, 0) is 22.9 Å². The predicted molar refractivity (Wildman–Crippen MR) is 110 cm³/mol. The Bertz CT molecular complexity index is 1240. The molecule has 148 valence electrons. The summed E-state index contributed by atoms with van der Waals surface area (Å²) < 4.78 is 53.3. The molecule has 1 aliphatic rings. The van der Waals surface area contributed by atoms with Gasteiger partial charge in [0.2, 0.25) is 10.0 Å². The van der Waals surface area contributed by atoms with Crippen molar-refractivity contribution in [2.75, 3.05) is 11.0 Å². The summed E-state index contributed by atoms with van der Waals surface area (Å²) in [5, 5.41) is 0. The van der Waals surface area contributed by atoms with Gasteiger partial charge in [-0.1, -0.05) is 12.1 Å². The first-order valence-corrected chi connectivity index (χ1v) is 10.9. The summed E-state index contributed by atoms with van der Waals surface area (Å²) in [6, 6.07) is 12.4. The zero-order valence-electron chi connectivity index (χ0n) is 15.6. The lowest BCUT2D eigenvalue weighted by Crippen LogP contribution is -2.09. The molecule has 0 saturated heterocycles. The highest BCUT2D eigenvalue weighted by molar-refractivity contribution is 7.92. The van der Waals surface area contributed by atoms with Crippen LogP contribution in [0.1, 0.15) is 27.9 Å². The Kier molecular flexibility index (Phi) is 4.92. The van der Waals surface area contributed by atoms with Gasteiger partial charge in [-0.2, -0.15) is 0 Å². The van der Waals surface area contributed by atoms with Gasteiger partial charge < -0.3 is 0 Å². The summed E-state index contributed by atoms with van der Waals surface area (Å²) in [5.41, 5.74) is 4.87. The number of aromatic nitrogens is 1. The van der Waals surface area contributed by atoms with Gasteiger partial charge in [0.05, 0.1) is 11.9 Å². The lowest BCUT2D eigenvalue weighted by atomic mass is 9.93. The highest BCUT2D eigenvalue weighted by Crippen LogP contribution is 2.35. The van der Waals surface area contributed by atoms with Crippen LogP contribution < -0.4 is 4.72 Å². The highest BCUT2D eigenvalue weighted by Gasteiger charge is 2.19. The molecule has 0 radical (unpaired) electrons. The number of benzene rings is 2. The van der Waals surface area contributed by atoms with Crippen molar-refractivity contribution in [1.82, 2.24) is 4.98 Å². The van der Waals surface area contributed by atoms with Gasteiger partial charge in [-0.15, -0.1) is 0 Å². The molecule has 3 aromatic rings. The molecular weight excluding hydrogens is 394 g/mol. The van der Waals surface area contributed by atoms with Crippen molar-refractivity contribution < 1.29 is 17.2 Å². The molecule has 1 heterocycles. The molecule has 4 nitrogen and oxygen atoms in total. The van der Waals surface area contributed by atoms with Crippen LogP contribution in [0.4, 0.5) is 14.5 Å². The van der Waals surface area contributed by atoms with E-state index in [-0.39, 0.29) is 11.5 Å². The normalized spacial score (nSPS) is 14.8. The van der Waals surface area contributed by atoms with Gasteiger partial charge in [0, 0.05) is 17.5 Å². The molecule has 4 rings (SSSR count). The van der Waals surface area contributed by atoms with Crippen LogP contribution in [0, 0.1) is 11.6 Å². The van der Waals surface area contributed by atoms with Crippen LogP contribution in [0.5, 0.6) is 0 Å². The van der Waals surface area contributed by atoms with Crippen LogP contribution in [0.15, 0.2) is 54.7 Å². The minimum Gasteiger partial charge on any atom is -0.284 e. The van der Waals surface area contributed by atoms with Crippen molar-refractivity contribution in [2.24, 2.45) is 0 Å². The summed E-state index contributed by atoms with van der Waals surface area (Å²) in [6.07, 6.45) is 5.79. The van der Waals surface area contributed by atoms with E-state index in [1.54, 1.807) is 24.4 Å². The quantitative estimate of drug-likeness (QED) is 0.693. The number of anilines is 1. The zero-order valence-corrected chi connectivity index (χ0v) is 16.4. The molecule has 0 fully saturated rings. The molecule has 0 atom stereocenters. The molecule has 0 spiro atoms. The van der Waals surface area contributed by atoms with Gasteiger partial charge >= 0.3 is 0 Å². The molecule has 0 bridgehead atoms. The van der Waals surface area contributed by atoms with Crippen molar-refractivity contribution in [3.05, 3.63) is 94.3 Å². The third kappa shape index (κ3) is 4.35. The van der Waals surface area contributed by atoms with Crippen LogP contribution >= 0.6 is 0 Å². The SMILES string of the molecule is CS(=O)(=O)Nc1cc(F)cc(C=C2c3ccc(F)cc3CCc3ncccc32)c1. The van der Waals surface area contributed by atoms with Crippen molar-refractivity contribution in [2.45, 2.75) is 12.8 Å². The summed E-state index contributed by atoms with van der Waals surface area (Å²) in [6.45, 7) is 0. The molecule has 29 heavy (non-hydrogen) atoms. The van der Waals surface area contributed by atoms with E-state index in [4.69, 9.17) is 0 Å². The molecule has 2 aromatic carbocycles. The number of nitrogens with one attached hydrogen (secondary N) is 1.